The number of likely N-dealkylation sites (tertiary alicyclic amines) is 1. The minimum Gasteiger partial charge on any atom is -0.356 e. The molecule has 0 aliphatic carbocycles. The van der Waals surface area contributed by atoms with Gasteiger partial charge in [-0.2, -0.15) is 0 Å². The highest BCUT2D eigenvalue weighted by Crippen LogP contribution is 2.37. The van der Waals surface area contributed by atoms with Crippen LogP contribution in [0.25, 0.3) is 22.0 Å². The number of hydrogen-bond donors (Lipinski definition) is 1. The number of aryl methyl sites for hydroxylation is 1. The Labute approximate surface area is 191 Å². The Morgan fingerprint density at radius 2 is 1.97 bits per heavy atom. The first-order chi connectivity index (χ1) is 15.9. The molecular formula is C26H29FN4O2. The summed E-state index contributed by atoms with van der Waals surface area (Å²) in [5.74, 6) is 0.416. The molecule has 0 bridgehead atoms. The van der Waals surface area contributed by atoms with Crippen LogP contribution < -0.4 is 5.56 Å². The van der Waals surface area contributed by atoms with Crippen molar-refractivity contribution < 1.29 is 8.91 Å². The first kappa shape index (κ1) is 21.8. The lowest BCUT2D eigenvalue weighted by Crippen LogP contribution is -2.38. The van der Waals surface area contributed by atoms with Gasteiger partial charge in [0.2, 0.25) is 0 Å². The Hall–Kier alpha value is -3.06. The highest BCUT2D eigenvalue weighted by atomic mass is 19.1. The molecule has 0 spiro atoms. The van der Waals surface area contributed by atoms with Crippen molar-refractivity contribution in [3.8, 4) is 0 Å². The third kappa shape index (κ3) is 4.06. The van der Waals surface area contributed by atoms with Gasteiger partial charge in [0.15, 0.2) is 5.58 Å². The van der Waals surface area contributed by atoms with Gasteiger partial charge in [0.25, 0.3) is 5.56 Å². The quantitative estimate of drug-likeness (QED) is 0.446. The predicted octanol–water partition coefficient (Wildman–Crippen LogP) is 5.34. The number of nitrogens with one attached hydrogen (secondary N) is 1. The Bertz CT molecular complexity index is 1350. The van der Waals surface area contributed by atoms with Crippen LogP contribution in [0.2, 0.25) is 0 Å². The van der Waals surface area contributed by atoms with E-state index in [1.165, 1.54) is 17.7 Å². The van der Waals surface area contributed by atoms with Crippen LogP contribution in [0.15, 0.2) is 45.7 Å². The zero-order valence-electron chi connectivity index (χ0n) is 19.3. The van der Waals surface area contributed by atoms with Gasteiger partial charge in [0.1, 0.15) is 11.5 Å². The molecule has 0 radical (unpaired) electrons. The predicted molar refractivity (Wildman–Crippen MR) is 127 cm³/mol. The number of nitrogens with zero attached hydrogens (tertiary/aromatic N) is 3. The molecular weight excluding hydrogens is 419 g/mol. The summed E-state index contributed by atoms with van der Waals surface area (Å²) in [6.07, 6.45) is 2.56. The lowest BCUT2D eigenvalue weighted by Gasteiger charge is -2.39. The third-order valence-corrected chi connectivity index (χ3v) is 6.87. The smallest absolute Gasteiger partial charge is 0.270 e. The molecule has 2 aromatic carbocycles. The molecule has 0 amide bonds. The molecule has 172 valence electrons. The zero-order valence-corrected chi connectivity index (χ0v) is 19.3. The van der Waals surface area contributed by atoms with Crippen molar-refractivity contribution in [3.05, 3.63) is 69.5 Å². The van der Waals surface area contributed by atoms with Gasteiger partial charge in [0.05, 0.1) is 16.7 Å². The molecule has 0 saturated carbocycles. The van der Waals surface area contributed by atoms with Crippen molar-refractivity contribution >= 4 is 22.0 Å². The maximum atomic E-state index is 13.5. The van der Waals surface area contributed by atoms with E-state index < -0.39 is 0 Å². The fourth-order valence-corrected chi connectivity index (χ4v) is 5.25. The van der Waals surface area contributed by atoms with Crippen LogP contribution in [-0.2, 0) is 6.42 Å². The number of fused-ring (bicyclic) bond motifs is 2. The Morgan fingerprint density at radius 3 is 2.70 bits per heavy atom. The Kier molecular flexibility index (Phi) is 5.74. The lowest BCUT2D eigenvalue weighted by molar-refractivity contribution is 0.118. The Balaban J connectivity index is 1.38. The largest absolute Gasteiger partial charge is 0.356 e. The summed E-state index contributed by atoms with van der Waals surface area (Å²) in [5.41, 5.74) is 4.75. The average molecular weight is 449 g/mol. The van der Waals surface area contributed by atoms with E-state index in [2.05, 4.69) is 46.0 Å². The van der Waals surface area contributed by atoms with Crippen LogP contribution in [0.1, 0.15) is 62.5 Å². The molecule has 3 heterocycles. The van der Waals surface area contributed by atoms with E-state index in [4.69, 9.17) is 4.52 Å². The van der Waals surface area contributed by atoms with Gasteiger partial charge in [-0.1, -0.05) is 32.0 Å². The third-order valence-electron chi connectivity index (χ3n) is 6.87. The van der Waals surface area contributed by atoms with E-state index in [-0.39, 0.29) is 17.4 Å². The van der Waals surface area contributed by atoms with Crippen LogP contribution in [-0.4, -0.2) is 33.1 Å². The van der Waals surface area contributed by atoms with E-state index in [9.17, 15) is 9.18 Å². The van der Waals surface area contributed by atoms with Gasteiger partial charge in [-0.05, 0) is 68.1 Å². The number of benzene rings is 2. The minimum atomic E-state index is -0.306. The molecule has 1 saturated heterocycles. The second kappa shape index (κ2) is 8.71. The number of rotatable bonds is 5. The normalized spacial score (nSPS) is 16.8. The van der Waals surface area contributed by atoms with Crippen LogP contribution in [0.4, 0.5) is 4.39 Å². The highest BCUT2D eigenvalue weighted by molar-refractivity contribution is 5.80. The number of halogens is 1. The van der Waals surface area contributed by atoms with E-state index in [0.29, 0.717) is 29.5 Å². The van der Waals surface area contributed by atoms with Gasteiger partial charge >= 0.3 is 0 Å². The molecule has 1 aliphatic rings. The molecule has 6 nitrogen and oxygen atoms in total. The van der Waals surface area contributed by atoms with E-state index in [0.717, 1.165) is 48.0 Å². The lowest BCUT2D eigenvalue weighted by atomic mass is 9.87. The molecule has 1 atom stereocenters. The van der Waals surface area contributed by atoms with Gasteiger partial charge in [0, 0.05) is 23.4 Å². The van der Waals surface area contributed by atoms with Crippen molar-refractivity contribution in [1.29, 1.82) is 0 Å². The van der Waals surface area contributed by atoms with Crippen LogP contribution in [0, 0.1) is 11.7 Å². The molecule has 2 aromatic heterocycles. The van der Waals surface area contributed by atoms with Crippen LogP contribution >= 0.6 is 0 Å². The second-order valence-corrected chi connectivity index (χ2v) is 9.35. The Morgan fingerprint density at radius 1 is 1.18 bits per heavy atom. The van der Waals surface area contributed by atoms with E-state index in [1.54, 1.807) is 6.07 Å². The number of H-pyrrole nitrogens is 1. The number of aromatic nitrogens is 3. The second-order valence-electron chi connectivity index (χ2n) is 9.35. The van der Waals surface area contributed by atoms with Crippen molar-refractivity contribution in [2.24, 2.45) is 5.92 Å². The summed E-state index contributed by atoms with van der Waals surface area (Å²) in [5, 5.41) is 5.20. The van der Waals surface area contributed by atoms with Gasteiger partial charge in [-0.15, -0.1) is 0 Å². The number of hydrogen-bond acceptors (Lipinski definition) is 5. The van der Waals surface area contributed by atoms with E-state index in [1.807, 2.05) is 13.0 Å². The van der Waals surface area contributed by atoms with Gasteiger partial charge in [-0.3, -0.25) is 9.69 Å². The summed E-state index contributed by atoms with van der Waals surface area (Å²) < 4.78 is 18.9. The molecule has 33 heavy (non-hydrogen) atoms. The van der Waals surface area contributed by atoms with Gasteiger partial charge < -0.3 is 9.51 Å². The van der Waals surface area contributed by atoms with Crippen molar-refractivity contribution in [2.75, 3.05) is 13.1 Å². The van der Waals surface area contributed by atoms with Crippen molar-refractivity contribution in [3.63, 3.8) is 0 Å². The van der Waals surface area contributed by atoms with Crippen LogP contribution in [0.5, 0.6) is 0 Å². The SMILES string of the molecule is CCc1nc2cc(C(C(C)C)N3CCC(c4noc5cc(F)ccc45)CC3)ccc2[nH]c1=O. The first-order valence-corrected chi connectivity index (χ1v) is 11.8. The fraction of sp³-hybridized carbons (Fsp3) is 0.423. The first-order valence-electron chi connectivity index (χ1n) is 11.8. The molecule has 1 N–H and O–H groups in total. The highest BCUT2D eigenvalue weighted by Gasteiger charge is 2.31. The maximum absolute atomic E-state index is 13.5. The van der Waals surface area contributed by atoms with Crippen molar-refractivity contribution in [2.45, 2.75) is 52.0 Å². The average Bonchev–Trinajstić information content (AvgIpc) is 3.22. The summed E-state index contributed by atoms with van der Waals surface area (Å²) >= 11 is 0. The topological polar surface area (TPSA) is 75.0 Å². The molecule has 4 aromatic rings. The summed E-state index contributed by atoms with van der Waals surface area (Å²) in [6, 6.07) is 11.1. The number of aromatic amines is 1. The van der Waals surface area contributed by atoms with Gasteiger partial charge in [-0.25, -0.2) is 9.37 Å². The molecule has 1 aliphatic heterocycles. The summed E-state index contributed by atoms with van der Waals surface area (Å²) in [4.78, 5) is 22.2. The fourth-order valence-electron chi connectivity index (χ4n) is 5.25. The summed E-state index contributed by atoms with van der Waals surface area (Å²) in [7, 11) is 0. The minimum absolute atomic E-state index is 0.108. The maximum Gasteiger partial charge on any atom is 0.270 e. The molecule has 1 unspecified atom stereocenters. The molecule has 7 heteroatoms. The monoisotopic (exact) mass is 448 g/mol. The van der Waals surface area contributed by atoms with E-state index >= 15 is 0 Å². The summed E-state index contributed by atoms with van der Waals surface area (Å²) in [6.45, 7) is 8.33. The van der Waals surface area contributed by atoms with Crippen LogP contribution in [0.3, 0.4) is 0 Å². The molecule has 1 fully saturated rings. The van der Waals surface area contributed by atoms with Crippen molar-refractivity contribution in [1.82, 2.24) is 20.0 Å². The number of piperidine rings is 1. The molecule has 5 rings (SSSR count). The zero-order chi connectivity index (χ0) is 23.1. The standard InChI is InChI=1S/C26H29FN4O2/c1-4-20-26(32)29-21-8-5-17(13-22(21)28-20)25(15(2)3)31-11-9-16(10-12-31)24-19-7-6-18(27)14-23(19)33-30-24/h5-8,13-16,25H,4,9-12H2,1-3H3,(H,29,32).